The smallest absolute Gasteiger partial charge is 0.164 e. The fraction of sp³-hybridized carbons (Fsp3) is 0.478. The molecule has 0 aromatic heterocycles. The van der Waals surface area contributed by atoms with Gasteiger partial charge in [0.2, 0.25) is 0 Å². The fourth-order valence-electron chi connectivity index (χ4n) is 3.39. The molecule has 0 saturated carbocycles. The van der Waals surface area contributed by atoms with Crippen molar-refractivity contribution in [1.29, 1.82) is 0 Å². The monoisotopic (exact) mass is 402 g/mol. The summed E-state index contributed by atoms with van der Waals surface area (Å²) in [4.78, 5) is 0. The highest BCUT2D eigenvalue weighted by atomic mass is 16.8. The van der Waals surface area contributed by atoms with Crippen LogP contribution in [0.4, 0.5) is 0 Å². The van der Waals surface area contributed by atoms with E-state index in [4.69, 9.17) is 18.9 Å². The highest BCUT2D eigenvalue weighted by Gasteiger charge is 2.48. The average molecular weight is 402 g/mol. The Morgan fingerprint density at radius 1 is 0.793 bits per heavy atom. The third kappa shape index (κ3) is 5.48. The first-order valence-electron chi connectivity index (χ1n) is 9.85. The van der Waals surface area contributed by atoms with Gasteiger partial charge in [-0.05, 0) is 51.0 Å². The first-order chi connectivity index (χ1) is 13.8. The lowest BCUT2D eigenvalue weighted by molar-refractivity contribution is -0.162. The van der Waals surface area contributed by atoms with Gasteiger partial charge in [-0.1, -0.05) is 36.4 Å². The molecule has 0 unspecified atom stereocenters. The van der Waals surface area contributed by atoms with E-state index in [1.807, 2.05) is 62.4 Å². The van der Waals surface area contributed by atoms with Crippen molar-refractivity contribution in [3.05, 3.63) is 59.7 Å². The van der Waals surface area contributed by atoms with Gasteiger partial charge in [0.15, 0.2) is 5.79 Å². The van der Waals surface area contributed by atoms with E-state index in [0.29, 0.717) is 11.5 Å². The zero-order valence-electron chi connectivity index (χ0n) is 17.4. The minimum absolute atomic E-state index is 0.0246. The number of hydrogen-bond acceptors (Lipinski definition) is 6. The molecule has 2 aromatic rings. The molecule has 4 atom stereocenters. The quantitative estimate of drug-likeness (QED) is 0.707. The van der Waals surface area contributed by atoms with Gasteiger partial charge in [0.25, 0.3) is 0 Å². The number of para-hydroxylation sites is 2. The fourth-order valence-corrected chi connectivity index (χ4v) is 3.39. The Morgan fingerprint density at radius 2 is 1.17 bits per heavy atom. The van der Waals surface area contributed by atoms with Gasteiger partial charge in [-0.2, -0.15) is 0 Å². The summed E-state index contributed by atoms with van der Waals surface area (Å²) in [6, 6.07) is 15.2. The Bertz CT molecular complexity index is 740. The van der Waals surface area contributed by atoms with Gasteiger partial charge >= 0.3 is 0 Å². The average Bonchev–Trinajstić information content (AvgIpc) is 3.02. The molecular weight excluding hydrogens is 372 g/mol. The van der Waals surface area contributed by atoms with E-state index in [1.54, 1.807) is 13.8 Å². The first kappa shape index (κ1) is 21.6. The number of rotatable bonds is 8. The SMILES string of the molecule is Cc1ccccc1OC[C@@H](O)[C@H]1OC(C)(C)O[C@@H]1[C@H](O)COc1ccccc1C. The standard InChI is InChI=1S/C23H30O6/c1-15-9-5-7-11-19(15)26-13-17(24)21-22(29-23(3,4)28-21)18(25)14-27-20-12-8-6-10-16(20)2/h5-12,17-18,21-22,24-25H,13-14H2,1-4H3/t17-,18-,21-,22-/m1/s1. The van der Waals surface area contributed by atoms with Crippen molar-refractivity contribution in [1.82, 2.24) is 0 Å². The van der Waals surface area contributed by atoms with Crippen LogP contribution in [0.3, 0.4) is 0 Å². The van der Waals surface area contributed by atoms with E-state index in [2.05, 4.69) is 0 Å². The number of benzene rings is 2. The Kier molecular flexibility index (Phi) is 6.80. The third-order valence-corrected chi connectivity index (χ3v) is 4.93. The second-order valence-corrected chi connectivity index (χ2v) is 7.85. The van der Waals surface area contributed by atoms with Gasteiger partial charge in [-0.3, -0.25) is 0 Å². The summed E-state index contributed by atoms with van der Waals surface area (Å²) < 4.78 is 23.2. The van der Waals surface area contributed by atoms with Gasteiger partial charge in [0, 0.05) is 0 Å². The highest BCUT2D eigenvalue weighted by molar-refractivity contribution is 5.32. The van der Waals surface area contributed by atoms with Gasteiger partial charge in [-0.15, -0.1) is 0 Å². The summed E-state index contributed by atoms with van der Waals surface area (Å²) in [5, 5.41) is 21.4. The van der Waals surface area contributed by atoms with Gasteiger partial charge in [0.1, 0.15) is 49.1 Å². The van der Waals surface area contributed by atoms with Crippen LogP contribution in [0.1, 0.15) is 25.0 Å². The van der Waals surface area contributed by atoms with Crippen LogP contribution in [0.25, 0.3) is 0 Å². The van der Waals surface area contributed by atoms with Crippen LogP contribution in [-0.2, 0) is 9.47 Å². The van der Waals surface area contributed by atoms with Crippen LogP contribution in [0, 0.1) is 13.8 Å². The third-order valence-electron chi connectivity index (χ3n) is 4.93. The molecule has 158 valence electrons. The van der Waals surface area contributed by atoms with Crippen molar-refractivity contribution in [2.24, 2.45) is 0 Å². The van der Waals surface area contributed by atoms with E-state index in [-0.39, 0.29) is 13.2 Å². The zero-order chi connectivity index (χ0) is 21.0. The van der Waals surface area contributed by atoms with Crippen molar-refractivity contribution in [3.63, 3.8) is 0 Å². The second-order valence-electron chi connectivity index (χ2n) is 7.85. The first-order valence-corrected chi connectivity index (χ1v) is 9.85. The summed E-state index contributed by atoms with van der Waals surface area (Å²) in [5.74, 6) is 0.470. The normalized spacial score (nSPS) is 22.8. The van der Waals surface area contributed by atoms with E-state index in [0.717, 1.165) is 11.1 Å². The lowest BCUT2D eigenvalue weighted by Gasteiger charge is -2.26. The molecule has 0 bridgehead atoms. The van der Waals surface area contributed by atoms with E-state index < -0.39 is 30.2 Å². The zero-order valence-corrected chi connectivity index (χ0v) is 17.4. The Morgan fingerprint density at radius 3 is 1.55 bits per heavy atom. The molecule has 0 amide bonds. The summed E-state index contributed by atoms with van der Waals surface area (Å²) in [7, 11) is 0. The van der Waals surface area contributed by atoms with Crippen molar-refractivity contribution in [3.8, 4) is 11.5 Å². The maximum Gasteiger partial charge on any atom is 0.164 e. The van der Waals surface area contributed by atoms with Crippen LogP contribution in [0.5, 0.6) is 11.5 Å². The maximum absolute atomic E-state index is 10.7. The van der Waals surface area contributed by atoms with E-state index in [1.165, 1.54) is 0 Å². The van der Waals surface area contributed by atoms with E-state index in [9.17, 15) is 10.2 Å². The van der Waals surface area contributed by atoms with Crippen LogP contribution in [0.2, 0.25) is 0 Å². The lowest BCUT2D eigenvalue weighted by atomic mass is 10.0. The van der Waals surface area contributed by atoms with Crippen LogP contribution >= 0.6 is 0 Å². The lowest BCUT2D eigenvalue weighted by Crippen LogP contribution is -2.46. The van der Waals surface area contributed by atoms with Crippen molar-refractivity contribution in [2.75, 3.05) is 13.2 Å². The minimum atomic E-state index is -0.977. The second kappa shape index (κ2) is 9.13. The highest BCUT2D eigenvalue weighted by Crippen LogP contribution is 2.32. The van der Waals surface area contributed by atoms with Crippen molar-refractivity contribution in [2.45, 2.75) is 57.9 Å². The summed E-state index contributed by atoms with van der Waals surface area (Å²) in [5.41, 5.74) is 1.96. The molecule has 2 N–H and O–H groups in total. The number of aryl methyl sites for hydroxylation is 2. The molecule has 6 heteroatoms. The molecule has 1 heterocycles. The van der Waals surface area contributed by atoms with Crippen molar-refractivity contribution >= 4 is 0 Å². The number of aliphatic hydroxyl groups excluding tert-OH is 2. The number of hydrogen-bond donors (Lipinski definition) is 2. The van der Waals surface area contributed by atoms with Gasteiger partial charge in [0.05, 0.1) is 0 Å². The molecule has 3 rings (SSSR count). The summed E-state index contributed by atoms with van der Waals surface area (Å²) >= 11 is 0. The topological polar surface area (TPSA) is 77.4 Å². The number of ether oxygens (including phenoxy) is 4. The van der Waals surface area contributed by atoms with Crippen LogP contribution in [-0.4, -0.2) is 53.6 Å². The van der Waals surface area contributed by atoms with Crippen LogP contribution in [0.15, 0.2) is 48.5 Å². The van der Waals surface area contributed by atoms with E-state index >= 15 is 0 Å². The minimum Gasteiger partial charge on any atom is -0.491 e. The Balaban J connectivity index is 1.63. The molecule has 0 aliphatic carbocycles. The molecular formula is C23H30O6. The molecule has 6 nitrogen and oxygen atoms in total. The number of aliphatic hydroxyl groups is 2. The molecule has 0 radical (unpaired) electrons. The largest absolute Gasteiger partial charge is 0.491 e. The summed E-state index contributed by atoms with van der Waals surface area (Å²) in [6.07, 6.45) is -3.45. The molecule has 1 saturated heterocycles. The Hall–Kier alpha value is -2.12. The summed E-state index contributed by atoms with van der Waals surface area (Å²) in [6.45, 7) is 7.44. The predicted molar refractivity (Wildman–Crippen MR) is 109 cm³/mol. The molecule has 1 fully saturated rings. The molecule has 1 aliphatic rings. The molecule has 29 heavy (non-hydrogen) atoms. The Labute approximate surface area is 172 Å². The van der Waals surface area contributed by atoms with Crippen molar-refractivity contribution < 1.29 is 29.2 Å². The maximum atomic E-state index is 10.7. The van der Waals surface area contributed by atoms with Gasteiger partial charge in [-0.25, -0.2) is 0 Å². The molecule has 2 aromatic carbocycles. The molecule has 1 aliphatic heterocycles. The predicted octanol–water partition coefficient (Wildman–Crippen LogP) is 3.00. The molecule has 0 spiro atoms. The van der Waals surface area contributed by atoms with Crippen LogP contribution < -0.4 is 9.47 Å². The van der Waals surface area contributed by atoms with Gasteiger partial charge < -0.3 is 29.2 Å².